The largest absolute Gasteiger partial charge is 0.446 e. The van der Waals surface area contributed by atoms with Crippen LogP contribution in [0, 0.1) is 29.1 Å². The molecular formula is C23H33N3O3. The zero-order valence-electron chi connectivity index (χ0n) is 17.7. The maximum absolute atomic E-state index is 12.6. The van der Waals surface area contributed by atoms with E-state index in [1.807, 2.05) is 36.4 Å². The van der Waals surface area contributed by atoms with Gasteiger partial charge in [-0.3, -0.25) is 4.79 Å². The van der Waals surface area contributed by atoms with E-state index in [4.69, 9.17) is 10.00 Å². The maximum Gasteiger partial charge on any atom is 0.407 e. The van der Waals surface area contributed by atoms with Crippen LogP contribution < -0.4 is 10.6 Å². The second kappa shape index (κ2) is 11.5. The van der Waals surface area contributed by atoms with Gasteiger partial charge in [0.25, 0.3) is 0 Å². The molecule has 4 atom stereocenters. The molecule has 2 rings (SSSR count). The van der Waals surface area contributed by atoms with Gasteiger partial charge in [-0.05, 0) is 36.2 Å². The van der Waals surface area contributed by atoms with Crippen molar-refractivity contribution in [2.24, 2.45) is 17.8 Å². The van der Waals surface area contributed by atoms with E-state index < -0.39 is 12.0 Å². The molecule has 4 unspecified atom stereocenters. The van der Waals surface area contributed by atoms with Crippen molar-refractivity contribution in [3.05, 3.63) is 35.9 Å². The molecule has 6 heteroatoms. The summed E-state index contributed by atoms with van der Waals surface area (Å²) in [6.07, 6.45) is 2.82. The Balaban J connectivity index is 1.97. The second-order valence-electron chi connectivity index (χ2n) is 8.31. The minimum absolute atomic E-state index is 0.0848. The standard InChI is InChI=1S/C23H33N3O3/c1-16(2)19-11-10-17(3)14-21(19)29-23(28)26-15-20(18-8-5-4-6-9-18)22(27)25-13-7-12-24/h4-6,8-9,16-17,19-21H,7,10-11,13-15H2,1-3H3,(H,25,27)(H,26,28). The van der Waals surface area contributed by atoms with Gasteiger partial charge in [-0.2, -0.15) is 5.26 Å². The smallest absolute Gasteiger partial charge is 0.407 e. The number of rotatable bonds is 8. The fourth-order valence-electron chi connectivity index (χ4n) is 4.03. The lowest BCUT2D eigenvalue weighted by Gasteiger charge is -2.36. The highest BCUT2D eigenvalue weighted by Gasteiger charge is 2.33. The highest BCUT2D eigenvalue weighted by atomic mass is 16.6. The van der Waals surface area contributed by atoms with E-state index in [1.54, 1.807) is 0 Å². The number of nitrogens with zero attached hydrogens (tertiary/aromatic N) is 1. The van der Waals surface area contributed by atoms with Crippen molar-refractivity contribution in [2.75, 3.05) is 13.1 Å². The van der Waals surface area contributed by atoms with Gasteiger partial charge >= 0.3 is 6.09 Å². The third kappa shape index (κ3) is 7.08. The summed E-state index contributed by atoms with van der Waals surface area (Å²) in [5.74, 6) is 0.636. The number of hydrogen-bond donors (Lipinski definition) is 2. The summed E-state index contributed by atoms with van der Waals surface area (Å²) in [5.41, 5.74) is 0.814. The number of nitrogens with one attached hydrogen (secondary N) is 2. The van der Waals surface area contributed by atoms with Crippen molar-refractivity contribution >= 4 is 12.0 Å². The van der Waals surface area contributed by atoms with Gasteiger partial charge in [0.2, 0.25) is 5.91 Å². The average molecular weight is 400 g/mol. The number of hydrogen-bond acceptors (Lipinski definition) is 4. The van der Waals surface area contributed by atoms with Gasteiger partial charge in [-0.1, -0.05) is 57.5 Å². The van der Waals surface area contributed by atoms with Gasteiger partial charge in [0, 0.05) is 13.1 Å². The molecule has 2 N–H and O–H groups in total. The number of benzene rings is 1. The van der Waals surface area contributed by atoms with Crippen molar-refractivity contribution in [3.8, 4) is 6.07 Å². The first kappa shape index (κ1) is 22.7. The lowest BCUT2D eigenvalue weighted by molar-refractivity contribution is -0.122. The van der Waals surface area contributed by atoms with E-state index in [0.717, 1.165) is 18.4 Å². The van der Waals surface area contributed by atoms with Crippen molar-refractivity contribution < 1.29 is 14.3 Å². The lowest BCUT2D eigenvalue weighted by Crippen LogP contribution is -2.41. The third-order valence-electron chi connectivity index (χ3n) is 5.72. The number of carbonyl (C=O) groups excluding carboxylic acids is 2. The van der Waals surface area contributed by atoms with Gasteiger partial charge in [-0.15, -0.1) is 0 Å². The van der Waals surface area contributed by atoms with Crippen LogP contribution >= 0.6 is 0 Å². The minimum atomic E-state index is -0.534. The number of nitriles is 1. The molecule has 1 aliphatic carbocycles. The Morgan fingerprint density at radius 2 is 1.93 bits per heavy atom. The van der Waals surface area contributed by atoms with Crippen molar-refractivity contribution in [1.29, 1.82) is 5.26 Å². The van der Waals surface area contributed by atoms with Gasteiger partial charge in [-0.25, -0.2) is 4.79 Å². The fraction of sp³-hybridized carbons (Fsp3) is 0.609. The summed E-state index contributed by atoms with van der Waals surface area (Å²) in [5, 5.41) is 14.2. The Hall–Kier alpha value is -2.55. The first-order valence-corrected chi connectivity index (χ1v) is 10.6. The van der Waals surface area contributed by atoms with Crippen molar-refractivity contribution in [3.63, 3.8) is 0 Å². The Labute approximate surface area is 174 Å². The predicted molar refractivity (Wildman–Crippen MR) is 112 cm³/mol. The molecule has 0 heterocycles. The van der Waals surface area contributed by atoms with Gasteiger partial charge in [0.15, 0.2) is 0 Å². The molecule has 0 aliphatic heterocycles. The summed E-state index contributed by atoms with van der Waals surface area (Å²) in [6.45, 7) is 6.98. The number of alkyl carbamates (subject to hydrolysis) is 1. The third-order valence-corrected chi connectivity index (χ3v) is 5.72. The first-order chi connectivity index (χ1) is 13.9. The van der Waals surface area contributed by atoms with Gasteiger partial charge in [0.1, 0.15) is 6.10 Å². The average Bonchev–Trinajstić information content (AvgIpc) is 2.69. The highest BCUT2D eigenvalue weighted by molar-refractivity contribution is 5.84. The molecule has 0 spiro atoms. The van der Waals surface area contributed by atoms with E-state index in [1.165, 1.54) is 6.42 Å². The highest BCUT2D eigenvalue weighted by Crippen LogP contribution is 2.35. The van der Waals surface area contributed by atoms with Gasteiger partial charge in [0.05, 0.1) is 18.4 Å². The van der Waals surface area contributed by atoms with Crippen LogP contribution in [-0.4, -0.2) is 31.2 Å². The maximum atomic E-state index is 12.6. The molecule has 0 radical (unpaired) electrons. The molecule has 1 aromatic carbocycles. The monoisotopic (exact) mass is 399 g/mol. The van der Waals surface area contributed by atoms with Crippen molar-refractivity contribution in [2.45, 2.75) is 58.5 Å². The van der Waals surface area contributed by atoms with E-state index in [2.05, 4.69) is 31.4 Å². The molecule has 0 bridgehead atoms. The Morgan fingerprint density at radius 1 is 1.21 bits per heavy atom. The van der Waals surface area contributed by atoms with Gasteiger partial charge < -0.3 is 15.4 Å². The summed E-state index contributed by atoms with van der Waals surface area (Å²) in [4.78, 5) is 25.1. The normalized spacial score (nSPS) is 22.4. The number of ether oxygens (including phenoxy) is 1. The Kier molecular flexibility index (Phi) is 8.98. The van der Waals surface area contributed by atoms with E-state index in [0.29, 0.717) is 24.3 Å². The SMILES string of the molecule is CC1CCC(C(C)C)C(OC(=O)NCC(C(=O)NCCC#N)c2ccccc2)C1. The zero-order valence-corrected chi connectivity index (χ0v) is 17.7. The lowest BCUT2D eigenvalue weighted by atomic mass is 9.75. The molecule has 1 aromatic rings. The second-order valence-corrected chi connectivity index (χ2v) is 8.31. The first-order valence-electron chi connectivity index (χ1n) is 10.6. The summed E-state index contributed by atoms with van der Waals surface area (Å²) < 4.78 is 5.78. The van der Waals surface area contributed by atoms with Crippen LogP contribution in [0.3, 0.4) is 0 Å². The number of amides is 2. The van der Waals surface area contributed by atoms with E-state index >= 15 is 0 Å². The van der Waals surface area contributed by atoms with Crippen LogP contribution in [0.1, 0.15) is 57.9 Å². The molecule has 1 aliphatic rings. The molecule has 158 valence electrons. The van der Waals surface area contributed by atoms with Crippen LogP contribution in [0.2, 0.25) is 0 Å². The number of carbonyl (C=O) groups is 2. The molecule has 1 fully saturated rings. The zero-order chi connectivity index (χ0) is 21.2. The Bertz CT molecular complexity index is 699. The van der Waals surface area contributed by atoms with Crippen LogP contribution in [0.5, 0.6) is 0 Å². The molecule has 0 aromatic heterocycles. The molecule has 29 heavy (non-hydrogen) atoms. The summed E-state index contributed by atoms with van der Waals surface area (Å²) in [7, 11) is 0. The van der Waals surface area contributed by atoms with E-state index in [9.17, 15) is 9.59 Å². The van der Waals surface area contributed by atoms with Crippen LogP contribution in [0.15, 0.2) is 30.3 Å². The summed E-state index contributed by atoms with van der Waals surface area (Å²) >= 11 is 0. The van der Waals surface area contributed by atoms with Crippen LogP contribution in [-0.2, 0) is 9.53 Å². The van der Waals surface area contributed by atoms with Crippen LogP contribution in [0.4, 0.5) is 4.79 Å². The van der Waals surface area contributed by atoms with Crippen LogP contribution in [0.25, 0.3) is 0 Å². The molecule has 0 saturated heterocycles. The molecule has 2 amide bonds. The predicted octanol–water partition coefficient (Wildman–Crippen LogP) is 3.99. The van der Waals surface area contributed by atoms with E-state index in [-0.39, 0.29) is 25.0 Å². The topological polar surface area (TPSA) is 91.2 Å². The minimum Gasteiger partial charge on any atom is -0.446 e. The quantitative estimate of drug-likeness (QED) is 0.647. The Morgan fingerprint density at radius 3 is 2.59 bits per heavy atom. The van der Waals surface area contributed by atoms with Crippen molar-refractivity contribution in [1.82, 2.24) is 10.6 Å². The summed E-state index contributed by atoms with van der Waals surface area (Å²) in [6, 6.07) is 11.3. The molecular weight excluding hydrogens is 366 g/mol. The molecule has 1 saturated carbocycles. The fourth-order valence-corrected chi connectivity index (χ4v) is 4.03. The molecule has 6 nitrogen and oxygen atoms in total.